The van der Waals surface area contributed by atoms with Crippen LogP contribution in [0.3, 0.4) is 0 Å². The van der Waals surface area contributed by atoms with Gasteiger partial charge in [-0.25, -0.2) is 0 Å². The summed E-state index contributed by atoms with van der Waals surface area (Å²) in [5, 5.41) is 2.53. The summed E-state index contributed by atoms with van der Waals surface area (Å²) in [6.07, 6.45) is 1.56. The third kappa shape index (κ3) is 6.53. The Morgan fingerprint density at radius 1 is 1.05 bits per heavy atom. The monoisotopic (exact) mass is 536 g/mol. The zero-order valence-electron chi connectivity index (χ0n) is 20.3. The summed E-state index contributed by atoms with van der Waals surface area (Å²) in [5.41, 5.74) is 3.05. The van der Waals surface area contributed by atoms with Crippen molar-refractivity contribution in [3.8, 4) is 11.5 Å². The molecule has 4 rings (SSSR count). The second kappa shape index (κ2) is 12.0. The first kappa shape index (κ1) is 26.3. The molecule has 0 bridgehead atoms. The third-order valence-electron chi connectivity index (χ3n) is 5.45. The number of carbonyl (C=O) groups excluding carboxylic acids is 3. The highest BCUT2D eigenvalue weighted by Crippen LogP contribution is 2.39. The quantitative estimate of drug-likeness (QED) is 0.323. The molecule has 1 saturated heterocycles. The standard InChI is InChI=1S/C28H25ClN2O5S/c1-3-35-23-14-20(13-21(29)26(23)36-17-19-10-5-4-6-11-19)15-24-27(33)31(28(34)37-24)16-25(32)30-22-12-8-7-9-18(22)2/h4-15H,3,16-17H2,1-2H3,(H,30,32)/b24-15-. The Labute approximate surface area is 224 Å². The summed E-state index contributed by atoms with van der Waals surface area (Å²) in [7, 11) is 0. The van der Waals surface area contributed by atoms with Gasteiger partial charge in [-0.05, 0) is 66.6 Å². The molecule has 0 atom stereocenters. The van der Waals surface area contributed by atoms with Crippen molar-refractivity contribution in [3.05, 3.63) is 93.3 Å². The van der Waals surface area contributed by atoms with Crippen LogP contribution in [-0.4, -0.2) is 35.1 Å². The number of thioether (sulfide) groups is 1. The fraction of sp³-hybridized carbons (Fsp3) is 0.179. The first-order chi connectivity index (χ1) is 17.9. The van der Waals surface area contributed by atoms with E-state index in [2.05, 4.69) is 5.32 Å². The highest BCUT2D eigenvalue weighted by Gasteiger charge is 2.36. The predicted octanol–water partition coefficient (Wildman–Crippen LogP) is 6.30. The molecule has 0 unspecified atom stereocenters. The van der Waals surface area contributed by atoms with Crippen molar-refractivity contribution in [1.29, 1.82) is 0 Å². The lowest BCUT2D eigenvalue weighted by Gasteiger charge is -2.15. The van der Waals surface area contributed by atoms with E-state index in [1.165, 1.54) is 0 Å². The maximum atomic E-state index is 12.9. The molecule has 0 spiro atoms. The number of anilines is 1. The number of halogens is 1. The molecule has 0 saturated carbocycles. The van der Waals surface area contributed by atoms with Gasteiger partial charge < -0.3 is 14.8 Å². The van der Waals surface area contributed by atoms with Crippen LogP contribution in [0.2, 0.25) is 5.02 Å². The van der Waals surface area contributed by atoms with Crippen LogP contribution in [0.25, 0.3) is 6.08 Å². The number of carbonyl (C=O) groups is 3. The van der Waals surface area contributed by atoms with Crippen LogP contribution in [0.5, 0.6) is 11.5 Å². The molecule has 1 N–H and O–H groups in total. The van der Waals surface area contributed by atoms with E-state index >= 15 is 0 Å². The molecule has 9 heteroatoms. The Bertz CT molecular complexity index is 1360. The molecule has 37 heavy (non-hydrogen) atoms. The van der Waals surface area contributed by atoms with E-state index in [4.69, 9.17) is 21.1 Å². The van der Waals surface area contributed by atoms with Gasteiger partial charge in [0.05, 0.1) is 16.5 Å². The first-order valence-corrected chi connectivity index (χ1v) is 12.8. The summed E-state index contributed by atoms with van der Waals surface area (Å²) in [5.74, 6) is -0.188. The SMILES string of the molecule is CCOc1cc(/C=C2\SC(=O)N(CC(=O)Nc3ccccc3C)C2=O)cc(Cl)c1OCc1ccccc1. The van der Waals surface area contributed by atoms with Gasteiger partial charge in [0.25, 0.3) is 11.1 Å². The zero-order chi connectivity index (χ0) is 26.4. The number of amides is 3. The van der Waals surface area contributed by atoms with E-state index in [-0.39, 0.29) is 11.4 Å². The Kier molecular flexibility index (Phi) is 8.53. The van der Waals surface area contributed by atoms with Gasteiger partial charge in [0.2, 0.25) is 5.91 Å². The fourth-order valence-electron chi connectivity index (χ4n) is 3.64. The van der Waals surface area contributed by atoms with Crippen LogP contribution >= 0.6 is 23.4 Å². The topological polar surface area (TPSA) is 84.9 Å². The second-order valence-corrected chi connectivity index (χ2v) is 9.57. The van der Waals surface area contributed by atoms with E-state index in [0.717, 1.165) is 27.8 Å². The average Bonchev–Trinajstić information content (AvgIpc) is 3.13. The molecule has 0 radical (unpaired) electrons. The minimum absolute atomic E-state index is 0.185. The van der Waals surface area contributed by atoms with E-state index < -0.39 is 17.1 Å². The van der Waals surface area contributed by atoms with Crippen LogP contribution in [0.15, 0.2) is 71.6 Å². The maximum absolute atomic E-state index is 12.9. The van der Waals surface area contributed by atoms with Crippen molar-refractivity contribution >= 4 is 52.2 Å². The lowest BCUT2D eigenvalue weighted by molar-refractivity contribution is -0.127. The third-order valence-corrected chi connectivity index (χ3v) is 6.64. The van der Waals surface area contributed by atoms with Crippen molar-refractivity contribution < 1.29 is 23.9 Å². The largest absolute Gasteiger partial charge is 0.490 e. The molecule has 0 aromatic heterocycles. The van der Waals surface area contributed by atoms with Crippen LogP contribution in [0.4, 0.5) is 10.5 Å². The van der Waals surface area contributed by atoms with Crippen molar-refractivity contribution in [3.63, 3.8) is 0 Å². The highest BCUT2D eigenvalue weighted by atomic mass is 35.5. The molecular formula is C28H25ClN2O5S. The summed E-state index contributed by atoms with van der Waals surface area (Å²) >= 11 is 7.29. The molecule has 0 aliphatic carbocycles. The normalized spacial score (nSPS) is 14.2. The lowest BCUT2D eigenvalue weighted by atomic mass is 10.1. The predicted molar refractivity (Wildman–Crippen MR) is 146 cm³/mol. The minimum Gasteiger partial charge on any atom is -0.490 e. The second-order valence-electron chi connectivity index (χ2n) is 8.17. The number of aryl methyl sites for hydroxylation is 1. The Balaban J connectivity index is 1.49. The summed E-state index contributed by atoms with van der Waals surface area (Å²) in [6, 6.07) is 20.3. The summed E-state index contributed by atoms with van der Waals surface area (Å²) < 4.78 is 11.7. The summed E-state index contributed by atoms with van der Waals surface area (Å²) in [6.45, 7) is 4.01. The molecule has 3 amide bonds. The van der Waals surface area contributed by atoms with Crippen molar-refractivity contribution in [2.45, 2.75) is 20.5 Å². The number of nitrogens with one attached hydrogen (secondary N) is 1. The van der Waals surface area contributed by atoms with Crippen molar-refractivity contribution in [1.82, 2.24) is 4.90 Å². The molecule has 1 aliphatic heterocycles. The Morgan fingerprint density at radius 3 is 2.51 bits per heavy atom. The summed E-state index contributed by atoms with van der Waals surface area (Å²) in [4.78, 5) is 39.1. The number of imide groups is 1. The molecular weight excluding hydrogens is 512 g/mol. The van der Waals surface area contributed by atoms with E-state index in [1.54, 1.807) is 30.3 Å². The Hall–Kier alpha value is -3.75. The van der Waals surface area contributed by atoms with Gasteiger partial charge in [-0.15, -0.1) is 0 Å². The minimum atomic E-state index is -0.548. The van der Waals surface area contributed by atoms with Gasteiger partial charge in [0, 0.05) is 5.69 Å². The first-order valence-electron chi connectivity index (χ1n) is 11.6. The number of ether oxygens (including phenoxy) is 2. The van der Waals surface area contributed by atoms with E-state index in [1.807, 2.05) is 56.3 Å². The molecule has 1 aliphatic rings. The van der Waals surface area contributed by atoms with Gasteiger partial charge in [-0.3, -0.25) is 19.3 Å². The number of para-hydroxylation sites is 1. The smallest absolute Gasteiger partial charge is 0.294 e. The van der Waals surface area contributed by atoms with Crippen LogP contribution in [-0.2, 0) is 16.2 Å². The van der Waals surface area contributed by atoms with E-state index in [9.17, 15) is 14.4 Å². The molecule has 1 fully saturated rings. The highest BCUT2D eigenvalue weighted by molar-refractivity contribution is 8.18. The number of rotatable bonds is 9. The molecule has 7 nitrogen and oxygen atoms in total. The average molecular weight is 537 g/mol. The van der Waals surface area contributed by atoms with Gasteiger partial charge in [0.1, 0.15) is 13.2 Å². The molecule has 190 valence electrons. The van der Waals surface area contributed by atoms with Crippen molar-refractivity contribution in [2.75, 3.05) is 18.5 Å². The fourth-order valence-corrected chi connectivity index (χ4v) is 4.75. The van der Waals surface area contributed by atoms with Crippen LogP contribution in [0, 0.1) is 6.92 Å². The number of nitrogens with zero attached hydrogens (tertiary/aromatic N) is 1. The van der Waals surface area contributed by atoms with Gasteiger partial charge >= 0.3 is 0 Å². The molecule has 3 aromatic carbocycles. The van der Waals surface area contributed by atoms with Gasteiger partial charge in [-0.1, -0.05) is 60.1 Å². The molecule has 3 aromatic rings. The van der Waals surface area contributed by atoms with Gasteiger partial charge in [0.15, 0.2) is 11.5 Å². The number of hydrogen-bond donors (Lipinski definition) is 1. The van der Waals surface area contributed by atoms with Crippen LogP contribution < -0.4 is 14.8 Å². The van der Waals surface area contributed by atoms with E-state index in [0.29, 0.717) is 41.0 Å². The lowest BCUT2D eigenvalue weighted by Crippen LogP contribution is -2.36. The van der Waals surface area contributed by atoms with Gasteiger partial charge in [-0.2, -0.15) is 0 Å². The number of benzene rings is 3. The Morgan fingerprint density at radius 2 is 1.78 bits per heavy atom. The number of hydrogen-bond acceptors (Lipinski definition) is 6. The van der Waals surface area contributed by atoms with Crippen LogP contribution in [0.1, 0.15) is 23.6 Å². The van der Waals surface area contributed by atoms with Crippen molar-refractivity contribution in [2.24, 2.45) is 0 Å². The zero-order valence-corrected chi connectivity index (χ0v) is 21.9. The maximum Gasteiger partial charge on any atom is 0.294 e. The molecule has 1 heterocycles.